The van der Waals surface area contributed by atoms with Crippen molar-refractivity contribution in [3.63, 3.8) is 0 Å². The molecular weight excluding hydrogens is 312 g/mol. The van der Waals surface area contributed by atoms with Gasteiger partial charge >= 0.3 is 0 Å². The summed E-state index contributed by atoms with van der Waals surface area (Å²) >= 11 is 0. The Balaban J connectivity index is 1.34. The topological polar surface area (TPSA) is 35.9 Å². The fourth-order valence-corrected chi connectivity index (χ4v) is 3.78. The molecule has 0 unspecified atom stereocenters. The van der Waals surface area contributed by atoms with E-state index < -0.39 is 6.10 Å². The number of β-amino-alcohol motifs (C(OH)–C–C–N with tert-alkyl or cyclic N) is 1. The summed E-state index contributed by atoms with van der Waals surface area (Å²) in [4.78, 5) is 4.79. The number of hydrogen-bond donors (Lipinski definition) is 1. The first-order chi connectivity index (χ1) is 12.2. The minimum Gasteiger partial charge on any atom is -0.493 e. The van der Waals surface area contributed by atoms with Gasteiger partial charge in [-0.05, 0) is 47.9 Å². The molecule has 0 spiro atoms. The number of hydrogen-bond acceptors (Lipinski definition) is 4. The first kappa shape index (κ1) is 16.4. The second-order valence-electron chi connectivity index (χ2n) is 7.11. The van der Waals surface area contributed by atoms with Gasteiger partial charge in [0.05, 0.1) is 12.7 Å². The van der Waals surface area contributed by atoms with Crippen LogP contribution in [-0.2, 0) is 6.42 Å². The number of ether oxygens (including phenoxy) is 1. The molecule has 0 saturated carbocycles. The molecule has 0 amide bonds. The molecule has 4 heteroatoms. The summed E-state index contributed by atoms with van der Waals surface area (Å²) in [6.45, 7) is 7.58. The summed E-state index contributed by atoms with van der Waals surface area (Å²) in [6, 6.07) is 14.8. The Morgan fingerprint density at radius 2 is 1.92 bits per heavy atom. The minimum atomic E-state index is -0.434. The van der Waals surface area contributed by atoms with E-state index in [1.54, 1.807) is 0 Å². The first-order valence-corrected chi connectivity index (χ1v) is 9.17. The van der Waals surface area contributed by atoms with E-state index in [9.17, 15) is 5.11 Å². The molecule has 0 radical (unpaired) electrons. The van der Waals surface area contributed by atoms with E-state index >= 15 is 0 Å². The molecule has 1 fully saturated rings. The van der Waals surface area contributed by atoms with Crippen LogP contribution in [0.1, 0.15) is 22.8 Å². The average Bonchev–Trinajstić information content (AvgIpc) is 3.10. The van der Waals surface area contributed by atoms with Gasteiger partial charge in [0.2, 0.25) is 0 Å². The summed E-state index contributed by atoms with van der Waals surface area (Å²) in [7, 11) is 0. The van der Waals surface area contributed by atoms with Gasteiger partial charge in [0, 0.05) is 44.8 Å². The van der Waals surface area contributed by atoms with E-state index in [0.717, 1.165) is 50.5 Å². The monoisotopic (exact) mass is 338 g/mol. The highest BCUT2D eigenvalue weighted by Crippen LogP contribution is 2.28. The van der Waals surface area contributed by atoms with Crippen molar-refractivity contribution in [2.45, 2.75) is 19.4 Å². The highest BCUT2D eigenvalue weighted by atomic mass is 16.5. The lowest BCUT2D eigenvalue weighted by Gasteiger charge is -2.37. The van der Waals surface area contributed by atoms with Gasteiger partial charge < -0.3 is 14.7 Å². The van der Waals surface area contributed by atoms with Gasteiger partial charge in [0.1, 0.15) is 5.75 Å². The van der Waals surface area contributed by atoms with Crippen molar-refractivity contribution < 1.29 is 9.84 Å². The number of aliphatic hydroxyl groups excluding tert-OH is 1. The third-order valence-electron chi connectivity index (χ3n) is 5.27. The van der Waals surface area contributed by atoms with Crippen molar-refractivity contribution in [1.82, 2.24) is 4.90 Å². The number of aryl methyl sites for hydroxylation is 1. The van der Waals surface area contributed by atoms with Crippen LogP contribution in [0.25, 0.3) is 0 Å². The molecule has 1 N–H and O–H groups in total. The third-order valence-corrected chi connectivity index (χ3v) is 5.27. The number of anilines is 1. The molecule has 0 aromatic heterocycles. The van der Waals surface area contributed by atoms with Crippen molar-refractivity contribution in [2.75, 3.05) is 44.2 Å². The lowest BCUT2D eigenvalue weighted by molar-refractivity contribution is 0.109. The van der Waals surface area contributed by atoms with Gasteiger partial charge in [0.15, 0.2) is 0 Å². The molecule has 2 heterocycles. The van der Waals surface area contributed by atoms with Crippen LogP contribution in [0.15, 0.2) is 42.5 Å². The van der Waals surface area contributed by atoms with Gasteiger partial charge in [-0.1, -0.05) is 18.2 Å². The van der Waals surface area contributed by atoms with Gasteiger partial charge in [-0.25, -0.2) is 0 Å². The molecule has 1 atom stereocenters. The number of benzene rings is 2. The largest absolute Gasteiger partial charge is 0.493 e. The van der Waals surface area contributed by atoms with E-state index in [2.05, 4.69) is 47.1 Å². The lowest BCUT2D eigenvalue weighted by atomic mass is 10.0. The number of piperazine rings is 1. The number of nitrogens with zero attached hydrogens (tertiary/aromatic N) is 2. The molecule has 25 heavy (non-hydrogen) atoms. The first-order valence-electron chi connectivity index (χ1n) is 9.17. The van der Waals surface area contributed by atoms with Crippen LogP contribution < -0.4 is 9.64 Å². The Morgan fingerprint density at radius 3 is 2.72 bits per heavy atom. The van der Waals surface area contributed by atoms with E-state index in [-0.39, 0.29) is 0 Å². The Bertz CT molecular complexity index is 738. The summed E-state index contributed by atoms with van der Waals surface area (Å²) < 4.78 is 5.55. The summed E-state index contributed by atoms with van der Waals surface area (Å²) in [5.74, 6) is 0.975. The molecule has 1 saturated heterocycles. The molecule has 4 rings (SSSR count). The predicted octanol–water partition coefficient (Wildman–Crippen LogP) is 2.79. The van der Waals surface area contributed by atoms with Crippen LogP contribution >= 0.6 is 0 Å². The van der Waals surface area contributed by atoms with Crippen LogP contribution in [0, 0.1) is 6.92 Å². The summed E-state index contributed by atoms with van der Waals surface area (Å²) in [6.07, 6.45) is 0.516. The fourth-order valence-electron chi connectivity index (χ4n) is 3.78. The standard InChI is InChI=1S/C21H26N2O2/c1-16-3-2-4-19(13-16)23-10-8-22(9-11-23)15-20(24)17-5-6-21-18(14-17)7-12-25-21/h2-6,13-14,20,24H,7-12,15H2,1H3/t20-/m1/s1. The number of rotatable bonds is 4. The Kier molecular flexibility index (Phi) is 4.64. The quantitative estimate of drug-likeness (QED) is 0.930. The van der Waals surface area contributed by atoms with Crippen molar-refractivity contribution in [3.05, 3.63) is 59.2 Å². The highest BCUT2D eigenvalue weighted by Gasteiger charge is 2.21. The molecule has 4 nitrogen and oxygen atoms in total. The molecule has 0 aliphatic carbocycles. The van der Waals surface area contributed by atoms with E-state index in [4.69, 9.17) is 4.74 Å². The smallest absolute Gasteiger partial charge is 0.122 e. The zero-order valence-corrected chi connectivity index (χ0v) is 14.8. The Morgan fingerprint density at radius 1 is 1.08 bits per heavy atom. The molecule has 2 aliphatic rings. The van der Waals surface area contributed by atoms with Crippen LogP contribution in [0.2, 0.25) is 0 Å². The molecule has 0 bridgehead atoms. The minimum absolute atomic E-state index is 0.434. The van der Waals surface area contributed by atoms with E-state index in [1.807, 2.05) is 12.1 Å². The highest BCUT2D eigenvalue weighted by molar-refractivity contribution is 5.48. The van der Waals surface area contributed by atoms with E-state index in [0.29, 0.717) is 6.54 Å². The maximum Gasteiger partial charge on any atom is 0.122 e. The summed E-state index contributed by atoms with van der Waals surface area (Å²) in [5, 5.41) is 10.6. The van der Waals surface area contributed by atoms with Gasteiger partial charge in [-0.15, -0.1) is 0 Å². The van der Waals surface area contributed by atoms with Crippen molar-refractivity contribution in [1.29, 1.82) is 0 Å². The molecule has 132 valence electrons. The van der Waals surface area contributed by atoms with Crippen LogP contribution in [0.3, 0.4) is 0 Å². The fraction of sp³-hybridized carbons (Fsp3) is 0.429. The normalized spacial score (nSPS) is 18.7. The maximum atomic E-state index is 10.6. The second-order valence-corrected chi connectivity index (χ2v) is 7.11. The molecular formula is C21H26N2O2. The van der Waals surface area contributed by atoms with Crippen molar-refractivity contribution in [3.8, 4) is 5.75 Å². The van der Waals surface area contributed by atoms with Crippen molar-refractivity contribution >= 4 is 5.69 Å². The Hall–Kier alpha value is -2.04. The second kappa shape index (κ2) is 7.06. The lowest BCUT2D eigenvalue weighted by Crippen LogP contribution is -2.47. The molecule has 2 aliphatic heterocycles. The van der Waals surface area contributed by atoms with Crippen LogP contribution in [-0.4, -0.2) is 49.3 Å². The zero-order chi connectivity index (χ0) is 17.2. The molecule has 2 aromatic rings. The maximum absolute atomic E-state index is 10.6. The van der Waals surface area contributed by atoms with Gasteiger partial charge in [-0.2, -0.15) is 0 Å². The third kappa shape index (κ3) is 3.65. The Labute approximate surface area is 149 Å². The van der Waals surface area contributed by atoms with Crippen molar-refractivity contribution in [2.24, 2.45) is 0 Å². The van der Waals surface area contributed by atoms with Gasteiger partial charge in [-0.3, -0.25) is 4.90 Å². The predicted molar refractivity (Wildman–Crippen MR) is 100 cm³/mol. The number of fused-ring (bicyclic) bond motifs is 1. The average molecular weight is 338 g/mol. The summed E-state index contributed by atoms with van der Waals surface area (Å²) in [5.41, 5.74) is 4.83. The molecule has 2 aromatic carbocycles. The van der Waals surface area contributed by atoms with Gasteiger partial charge in [0.25, 0.3) is 0 Å². The van der Waals surface area contributed by atoms with Crippen LogP contribution in [0.4, 0.5) is 5.69 Å². The zero-order valence-electron chi connectivity index (χ0n) is 14.8. The van der Waals surface area contributed by atoms with Crippen LogP contribution in [0.5, 0.6) is 5.75 Å². The SMILES string of the molecule is Cc1cccc(N2CCN(C[C@@H](O)c3ccc4c(c3)CCO4)CC2)c1. The van der Waals surface area contributed by atoms with E-state index in [1.165, 1.54) is 16.8 Å². The number of aliphatic hydroxyl groups is 1.